The van der Waals surface area contributed by atoms with E-state index in [1.165, 1.54) is 11.0 Å². The first-order valence-corrected chi connectivity index (χ1v) is 9.10. The molecule has 0 saturated heterocycles. The lowest BCUT2D eigenvalue weighted by Gasteiger charge is -2.13. The zero-order valence-corrected chi connectivity index (χ0v) is 16.4. The SMILES string of the molecule is CN(C)c1cnnc(Nc2ccc(NC(=O)c3cccc(-n4cnnn4)c3)cc2)c1. The van der Waals surface area contributed by atoms with Crippen LogP contribution in [-0.4, -0.2) is 50.4 Å². The first-order valence-electron chi connectivity index (χ1n) is 9.10. The van der Waals surface area contributed by atoms with Crippen molar-refractivity contribution >= 4 is 28.8 Å². The number of amides is 1. The molecule has 10 heteroatoms. The Hall–Kier alpha value is -4.34. The number of hydrogen-bond acceptors (Lipinski definition) is 8. The van der Waals surface area contributed by atoms with Gasteiger partial charge in [0.25, 0.3) is 5.91 Å². The molecule has 2 heterocycles. The number of carbonyl (C=O) groups is 1. The monoisotopic (exact) mass is 401 g/mol. The van der Waals surface area contributed by atoms with Gasteiger partial charge in [0.1, 0.15) is 6.33 Å². The number of nitrogens with zero attached hydrogens (tertiary/aromatic N) is 7. The molecule has 0 unspecified atom stereocenters. The standard InChI is InChI=1S/C20H19N9O/c1-28(2)18-11-19(25-21-12-18)23-15-6-8-16(9-7-15)24-20(30)14-4-3-5-17(10-14)29-13-22-26-27-29/h3-13H,1-2H3,(H,23,25)(H,24,30). The summed E-state index contributed by atoms with van der Waals surface area (Å²) in [5, 5.41) is 25.2. The summed E-state index contributed by atoms with van der Waals surface area (Å²) in [6.45, 7) is 0. The van der Waals surface area contributed by atoms with Crippen molar-refractivity contribution in [3.05, 3.63) is 72.7 Å². The number of rotatable bonds is 6. The first-order chi connectivity index (χ1) is 14.6. The molecular formula is C20H19N9O. The van der Waals surface area contributed by atoms with E-state index in [-0.39, 0.29) is 5.91 Å². The van der Waals surface area contributed by atoms with Crippen molar-refractivity contribution in [3.8, 4) is 5.69 Å². The predicted octanol–water partition coefficient (Wildman–Crippen LogP) is 2.51. The van der Waals surface area contributed by atoms with E-state index in [2.05, 4.69) is 36.4 Å². The minimum Gasteiger partial charge on any atom is -0.376 e. The Bertz CT molecular complexity index is 1140. The topological polar surface area (TPSA) is 114 Å². The third kappa shape index (κ3) is 4.38. The summed E-state index contributed by atoms with van der Waals surface area (Å²) in [6, 6.07) is 16.3. The normalized spacial score (nSPS) is 10.5. The molecule has 2 aromatic heterocycles. The Morgan fingerprint density at radius 1 is 1.00 bits per heavy atom. The van der Waals surface area contributed by atoms with E-state index in [1.54, 1.807) is 24.4 Å². The van der Waals surface area contributed by atoms with Crippen LogP contribution in [0.2, 0.25) is 0 Å². The summed E-state index contributed by atoms with van der Waals surface area (Å²) >= 11 is 0. The second-order valence-corrected chi connectivity index (χ2v) is 6.65. The minimum absolute atomic E-state index is 0.227. The molecule has 0 atom stereocenters. The van der Waals surface area contributed by atoms with Crippen molar-refractivity contribution in [1.82, 2.24) is 30.4 Å². The van der Waals surface area contributed by atoms with Gasteiger partial charge in [-0.25, -0.2) is 4.68 Å². The molecule has 0 saturated carbocycles. The van der Waals surface area contributed by atoms with Crippen LogP contribution in [0.15, 0.2) is 67.1 Å². The van der Waals surface area contributed by atoms with E-state index in [0.717, 1.165) is 11.4 Å². The van der Waals surface area contributed by atoms with Crippen molar-refractivity contribution in [2.24, 2.45) is 0 Å². The smallest absolute Gasteiger partial charge is 0.255 e. The van der Waals surface area contributed by atoms with E-state index >= 15 is 0 Å². The van der Waals surface area contributed by atoms with Gasteiger partial charge in [-0.15, -0.1) is 10.2 Å². The van der Waals surface area contributed by atoms with Gasteiger partial charge in [0.15, 0.2) is 5.82 Å². The van der Waals surface area contributed by atoms with Crippen molar-refractivity contribution < 1.29 is 4.79 Å². The highest BCUT2D eigenvalue weighted by Gasteiger charge is 2.09. The van der Waals surface area contributed by atoms with Crippen molar-refractivity contribution in [1.29, 1.82) is 0 Å². The molecule has 1 amide bonds. The molecule has 150 valence electrons. The van der Waals surface area contributed by atoms with Crippen LogP contribution in [0, 0.1) is 0 Å². The van der Waals surface area contributed by atoms with Gasteiger partial charge in [-0.2, -0.15) is 5.10 Å². The number of aromatic nitrogens is 6. The van der Waals surface area contributed by atoms with E-state index in [4.69, 9.17) is 0 Å². The maximum Gasteiger partial charge on any atom is 0.255 e. The summed E-state index contributed by atoms with van der Waals surface area (Å²) in [6.07, 6.45) is 3.17. The fraction of sp³-hybridized carbons (Fsp3) is 0.100. The average molecular weight is 401 g/mol. The highest BCUT2D eigenvalue weighted by molar-refractivity contribution is 6.04. The molecule has 4 rings (SSSR count). The molecule has 0 aliphatic carbocycles. The Morgan fingerprint density at radius 3 is 2.53 bits per heavy atom. The van der Waals surface area contributed by atoms with Crippen molar-refractivity contribution in [3.63, 3.8) is 0 Å². The van der Waals surface area contributed by atoms with Crippen LogP contribution in [0.5, 0.6) is 0 Å². The Balaban J connectivity index is 1.43. The van der Waals surface area contributed by atoms with Crippen LogP contribution < -0.4 is 15.5 Å². The molecule has 0 radical (unpaired) electrons. The summed E-state index contributed by atoms with van der Waals surface area (Å²) in [5.74, 6) is 0.410. The molecular weight excluding hydrogens is 382 g/mol. The van der Waals surface area contributed by atoms with Crippen LogP contribution in [0.3, 0.4) is 0 Å². The summed E-state index contributed by atoms with van der Waals surface area (Å²) in [7, 11) is 3.88. The second kappa shape index (κ2) is 8.35. The highest BCUT2D eigenvalue weighted by atomic mass is 16.1. The molecule has 0 fully saturated rings. The largest absolute Gasteiger partial charge is 0.376 e. The van der Waals surface area contributed by atoms with Gasteiger partial charge < -0.3 is 15.5 Å². The van der Waals surface area contributed by atoms with Gasteiger partial charge in [-0.3, -0.25) is 4.79 Å². The fourth-order valence-corrected chi connectivity index (χ4v) is 2.72. The first kappa shape index (κ1) is 19.0. The molecule has 0 spiro atoms. The van der Waals surface area contributed by atoms with E-state index < -0.39 is 0 Å². The molecule has 10 nitrogen and oxygen atoms in total. The van der Waals surface area contributed by atoms with E-state index in [0.29, 0.717) is 22.8 Å². The van der Waals surface area contributed by atoms with Gasteiger partial charge in [-0.05, 0) is 52.9 Å². The summed E-state index contributed by atoms with van der Waals surface area (Å²) in [4.78, 5) is 14.6. The third-order valence-corrected chi connectivity index (χ3v) is 4.29. The number of hydrogen-bond donors (Lipinski definition) is 2. The lowest BCUT2D eigenvalue weighted by atomic mass is 10.2. The van der Waals surface area contributed by atoms with Crippen molar-refractivity contribution in [2.45, 2.75) is 0 Å². The molecule has 0 aliphatic rings. The average Bonchev–Trinajstić information content (AvgIpc) is 3.30. The molecule has 30 heavy (non-hydrogen) atoms. The maximum atomic E-state index is 12.6. The molecule has 0 aliphatic heterocycles. The van der Waals surface area contributed by atoms with Gasteiger partial charge in [0.2, 0.25) is 0 Å². The number of nitrogens with one attached hydrogen (secondary N) is 2. The van der Waals surface area contributed by atoms with Crippen molar-refractivity contribution in [2.75, 3.05) is 29.6 Å². The van der Waals surface area contributed by atoms with E-state index in [9.17, 15) is 4.79 Å². The zero-order valence-electron chi connectivity index (χ0n) is 16.4. The summed E-state index contributed by atoms with van der Waals surface area (Å²) in [5.41, 5.74) is 3.65. The van der Waals surface area contributed by atoms with Crippen LogP contribution in [0.25, 0.3) is 5.69 Å². The van der Waals surface area contributed by atoms with Crippen LogP contribution >= 0.6 is 0 Å². The van der Waals surface area contributed by atoms with Crippen LogP contribution in [0.4, 0.5) is 22.9 Å². The maximum absolute atomic E-state index is 12.6. The highest BCUT2D eigenvalue weighted by Crippen LogP contribution is 2.20. The Morgan fingerprint density at radius 2 is 1.80 bits per heavy atom. The van der Waals surface area contributed by atoms with Gasteiger partial charge in [0, 0.05) is 37.1 Å². The number of tetrazole rings is 1. The lowest BCUT2D eigenvalue weighted by molar-refractivity contribution is 0.102. The Kier molecular flexibility index (Phi) is 5.29. The van der Waals surface area contributed by atoms with Gasteiger partial charge in [-0.1, -0.05) is 6.07 Å². The fourth-order valence-electron chi connectivity index (χ4n) is 2.72. The van der Waals surface area contributed by atoms with Crippen LogP contribution in [0.1, 0.15) is 10.4 Å². The lowest BCUT2D eigenvalue weighted by Crippen LogP contribution is -2.12. The van der Waals surface area contributed by atoms with Gasteiger partial charge >= 0.3 is 0 Å². The molecule has 2 aromatic carbocycles. The predicted molar refractivity (Wildman–Crippen MR) is 113 cm³/mol. The second-order valence-electron chi connectivity index (χ2n) is 6.65. The number of carbonyl (C=O) groups excluding carboxylic acids is 1. The number of anilines is 4. The number of benzene rings is 2. The molecule has 2 N–H and O–H groups in total. The zero-order chi connectivity index (χ0) is 20.9. The minimum atomic E-state index is -0.227. The molecule has 0 bridgehead atoms. The summed E-state index contributed by atoms with van der Waals surface area (Å²) < 4.78 is 1.49. The quantitative estimate of drug-likeness (QED) is 0.507. The van der Waals surface area contributed by atoms with Gasteiger partial charge in [0.05, 0.1) is 17.6 Å². The molecule has 4 aromatic rings. The van der Waals surface area contributed by atoms with E-state index in [1.807, 2.05) is 55.4 Å². The third-order valence-electron chi connectivity index (χ3n) is 4.29. The van der Waals surface area contributed by atoms with Crippen LogP contribution in [-0.2, 0) is 0 Å². The Labute approximate surface area is 172 Å².